The molecule has 2 nitrogen and oxygen atoms in total. The van der Waals surface area contributed by atoms with Crippen LogP contribution in [0.25, 0.3) is 0 Å². The first-order valence-corrected chi connectivity index (χ1v) is 8.02. The number of rotatable bonds is 2. The summed E-state index contributed by atoms with van der Waals surface area (Å²) in [6.45, 7) is 1.61. The van der Waals surface area contributed by atoms with E-state index in [1.165, 1.54) is 37.7 Å². The molecule has 4 bridgehead atoms. The predicted molar refractivity (Wildman–Crippen MR) is 80.6 cm³/mol. The Labute approximate surface area is 120 Å². The van der Waals surface area contributed by atoms with Crippen molar-refractivity contribution < 1.29 is 4.79 Å². The molecule has 2 heteroatoms. The van der Waals surface area contributed by atoms with Crippen molar-refractivity contribution in [1.82, 2.24) is 0 Å². The molecule has 1 aromatic carbocycles. The van der Waals surface area contributed by atoms with E-state index in [0.29, 0.717) is 5.92 Å². The number of hydrogen-bond donors (Lipinski definition) is 1. The van der Waals surface area contributed by atoms with Crippen molar-refractivity contribution in [1.29, 1.82) is 0 Å². The van der Waals surface area contributed by atoms with E-state index in [4.69, 9.17) is 5.73 Å². The first-order valence-electron chi connectivity index (χ1n) is 8.02. The van der Waals surface area contributed by atoms with Gasteiger partial charge in [0.2, 0.25) is 0 Å². The maximum Gasteiger partial charge on any atom is 0.159 e. The molecule has 0 amide bonds. The fourth-order valence-electron chi connectivity index (χ4n) is 5.53. The number of nitrogens with two attached hydrogens (primary N) is 1. The van der Waals surface area contributed by atoms with Gasteiger partial charge in [-0.2, -0.15) is 0 Å². The second-order valence-corrected chi connectivity index (χ2v) is 7.36. The van der Waals surface area contributed by atoms with Crippen molar-refractivity contribution in [2.45, 2.75) is 44.9 Å². The van der Waals surface area contributed by atoms with Crippen molar-refractivity contribution in [3.63, 3.8) is 0 Å². The Bertz CT molecular complexity index is 535. The van der Waals surface area contributed by atoms with Crippen LogP contribution in [-0.4, -0.2) is 5.78 Å². The maximum absolute atomic E-state index is 11.5. The summed E-state index contributed by atoms with van der Waals surface area (Å²) >= 11 is 0. The lowest BCUT2D eigenvalue weighted by atomic mass is 9.50. The lowest BCUT2D eigenvalue weighted by molar-refractivity contribution is -0.00254. The number of anilines is 1. The summed E-state index contributed by atoms with van der Waals surface area (Å²) in [5.41, 5.74) is 9.20. The molecule has 0 spiro atoms. The van der Waals surface area contributed by atoms with E-state index < -0.39 is 0 Å². The van der Waals surface area contributed by atoms with Crippen LogP contribution in [0.2, 0.25) is 0 Å². The third kappa shape index (κ3) is 1.81. The molecule has 4 aliphatic carbocycles. The first-order chi connectivity index (χ1) is 9.61. The van der Waals surface area contributed by atoms with Crippen LogP contribution in [0.5, 0.6) is 0 Å². The molecule has 106 valence electrons. The fraction of sp³-hybridized carbons (Fsp3) is 0.611. The molecule has 4 fully saturated rings. The molecule has 0 radical (unpaired) electrons. The Hall–Kier alpha value is -1.31. The van der Waals surface area contributed by atoms with Crippen LogP contribution in [0.3, 0.4) is 0 Å². The number of ketones is 1. The molecular weight excluding hydrogens is 246 g/mol. The van der Waals surface area contributed by atoms with Gasteiger partial charge in [-0.05, 0) is 80.2 Å². The average Bonchev–Trinajstić information content (AvgIpc) is 2.38. The van der Waals surface area contributed by atoms with Crippen molar-refractivity contribution >= 4 is 11.5 Å². The Kier molecular flexibility index (Phi) is 2.70. The summed E-state index contributed by atoms with van der Waals surface area (Å²) in [5, 5.41) is 0. The van der Waals surface area contributed by atoms with E-state index in [0.717, 1.165) is 34.9 Å². The van der Waals surface area contributed by atoms with Crippen molar-refractivity contribution in [3.8, 4) is 0 Å². The highest BCUT2D eigenvalue weighted by Gasteiger charge is 2.48. The van der Waals surface area contributed by atoms with Gasteiger partial charge in [-0.3, -0.25) is 4.79 Å². The summed E-state index contributed by atoms with van der Waals surface area (Å²) in [7, 11) is 0. The monoisotopic (exact) mass is 269 g/mol. The van der Waals surface area contributed by atoms with E-state index >= 15 is 0 Å². The minimum atomic E-state index is 0.105. The fourth-order valence-corrected chi connectivity index (χ4v) is 5.53. The molecule has 4 aliphatic rings. The van der Waals surface area contributed by atoms with Crippen LogP contribution in [0.15, 0.2) is 18.2 Å². The lowest BCUT2D eigenvalue weighted by Gasteiger charge is -2.54. The van der Waals surface area contributed by atoms with Crippen LogP contribution in [-0.2, 0) is 0 Å². The zero-order valence-electron chi connectivity index (χ0n) is 12.1. The van der Waals surface area contributed by atoms with Crippen molar-refractivity contribution in [3.05, 3.63) is 29.3 Å². The molecule has 4 saturated carbocycles. The summed E-state index contributed by atoms with van der Waals surface area (Å²) in [5.74, 6) is 4.43. The average molecular weight is 269 g/mol. The zero-order valence-corrected chi connectivity index (χ0v) is 12.1. The van der Waals surface area contributed by atoms with Gasteiger partial charge < -0.3 is 5.73 Å². The molecule has 0 saturated heterocycles. The molecule has 0 atom stereocenters. The van der Waals surface area contributed by atoms with Crippen LogP contribution in [0, 0.1) is 23.7 Å². The van der Waals surface area contributed by atoms with Crippen LogP contribution in [0.4, 0.5) is 5.69 Å². The third-order valence-electron chi connectivity index (χ3n) is 6.08. The topological polar surface area (TPSA) is 43.1 Å². The minimum Gasteiger partial charge on any atom is -0.398 e. The van der Waals surface area contributed by atoms with E-state index in [1.807, 2.05) is 12.1 Å². The predicted octanol–water partition coefficient (Wildman–Crippen LogP) is 4.01. The van der Waals surface area contributed by atoms with Gasteiger partial charge in [0, 0.05) is 11.3 Å². The summed E-state index contributed by atoms with van der Waals surface area (Å²) < 4.78 is 0. The Morgan fingerprint density at radius 2 is 1.65 bits per heavy atom. The highest BCUT2D eigenvalue weighted by Crippen LogP contribution is 2.60. The van der Waals surface area contributed by atoms with Gasteiger partial charge in [-0.25, -0.2) is 0 Å². The number of carbonyl (C=O) groups is 1. The molecule has 0 heterocycles. The summed E-state index contributed by atoms with van der Waals surface area (Å²) in [4.78, 5) is 11.5. The molecular formula is C18H23NO. The normalized spacial score (nSPS) is 38.1. The number of nitrogen functional groups attached to an aromatic ring is 1. The Morgan fingerprint density at radius 1 is 1.05 bits per heavy atom. The SMILES string of the molecule is CC(=O)c1ccc(C2C3CC4CC(C3)CC2C4)c(N)c1. The van der Waals surface area contributed by atoms with Gasteiger partial charge in [0.1, 0.15) is 0 Å². The van der Waals surface area contributed by atoms with Gasteiger partial charge in [0.05, 0.1) is 0 Å². The maximum atomic E-state index is 11.5. The molecule has 1 aromatic rings. The largest absolute Gasteiger partial charge is 0.398 e. The molecule has 5 rings (SSSR count). The van der Waals surface area contributed by atoms with E-state index in [-0.39, 0.29) is 5.78 Å². The summed E-state index contributed by atoms with van der Waals surface area (Å²) in [6, 6.07) is 6.00. The Balaban J connectivity index is 1.69. The van der Waals surface area contributed by atoms with Crippen molar-refractivity contribution in [2.75, 3.05) is 5.73 Å². The minimum absolute atomic E-state index is 0.105. The second kappa shape index (κ2) is 4.34. The number of hydrogen-bond acceptors (Lipinski definition) is 2. The van der Waals surface area contributed by atoms with E-state index in [9.17, 15) is 4.79 Å². The first kappa shape index (κ1) is 12.4. The summed E-state index contributed by atoms with van der Waals surface area (Å²) in [6.07, 6.45) is 7.12. The van der Waals surface area contributed by atoms with Gasteiger partial charge >= 0.3 is 0 Å². The zero-order chi connectivity index (χ0) is 13.9. The van der Waals surface area contributed by atoms with Gasteiger partial charge in [0.15, 0.2) is 5.78 Å². The second-order valence-electron chi connectivity index (χ2n) is 7.36. The van der Waals surface area contributed by atoms with E-state index in [2.05, 4.69) is 6.07 Å². The van der Waals surface area contributed by atoms with Gasteiger partial charge in [0.25, 0.3) is 0 Å². The number of Topliss-reactive ketones (excluding diaryl/α,β-unsaturated/α-hetero) is 1. The molecule has 0 aromatic heterocycles. The molecule has 20 heavy (non-hydrogen) atoms. The highest BCUT2D eigenvalue weighted by molar-refractivity contribution is 5.95. The molecule has 2 N–H and O–H groups in total. The molecule has 0 unspecified atom stereocenters. The number of carbonyl (C=O) groups excluding carboxylic acids is 1. The lowest BCUT2D eigenvalue weighted by Crippen LogP contribution is -2.43. The van der Waals surface area contributed by atoms with Crippen LogP contribution >= 0.6 is 0 Å². The quantitative estimate of drug-likeness (QED) is 0.651. The van der Waals surface area contributed by atoms with Crippen LogP contribution in [0.1, 0.15) is 60.9 Å². The van der Waals surface area contributed by atoms with Crippen molar-refractivity contribution in [2.24, 2.45) is 23.7 Å². The number of benzene rings is 1. The van der Waals surface area contributed by atoms with Gasteiger partial charge in [-0.15, -0.1) is 0 Å². The molecule has 0 aliphatic heterocycles. The van der Waals surface area contributed by atoms with Crippen LogP contribution < -0.4 is 5.73 Å². The standard InChI is InChI=1S/C18H23NO/c1-10(20)13-2-3-16(17(19)9-13)18-14-5-11-4-12(7-14)8-15(18)6-11/h2-3,9,11-12,14-15,18H,4-8,19H2,1H3. The highest BCUT2D eigenvalue weighted by atomic mass is 16.1. The van der Waals surface area contributed by atoms with Gasteiger partial charge in [-0.1, -0.05) is 12.1 Å². The third-order valence-corrected chi connectivity index (χ3v) is 6.08. The smallest absolute Gasteiger partial charge is 0.159 e. The van der Waals surface area contributed by atoms with E-state index in [1.54, 1.807) is 6.92 Å². The Morgan fingerprint density at radius 3 is 2.15 bits per heavy atom.